The first-order valence-corrected chi connectivity index (χ1v) is 9.08. The summed E-state index contributed by atoms with van der Waals surface area (Å²) in [5.41, 5.74) is 0.996. The summed E-state index contributed by atoms with van der Waals surface area (Å²) in [5, 5.41) is 10.0. The average molecular weight is 372 g/mol. The van der Waals surface area contributed by atoms with Gasteiger partial charge >= 0.3 is 0 Å². The molecule has 27 heavy (non-hydrogen) atoms. The van der Waals surface area contributed by atoms with Gasteiger partial charge in [-0.25, -0.2) is 8.78 Å². The standard InChI is InChI=1S/C21H22F2N2O2/c1-14(27)24-12-21(13-24)20(15-5-3-2-4-6-15)19(11-26)25(21)10-16-9-17(22)7-8-18(16)23/h2-9,19-20,26H,10-13H2,1H3/t19-,20+/m1/s1. The highest BCUT2D eigenvalue weighted by atomic mass is 19.1. The molecule has 2 atom stereocenters. The van der Waals surface area contributed by atoms with Crippen molar-refractivity contribution in [3.63, 3.8) is 0 Å². The summed E-state index contributed by atoms with van der Waals surface area (Å²) in [7, 11) is 0. The first kappa shape index (κ1) is 18.1. The van der Waals surface area contributed by atoms with Gasteiger partial charge in [0.25, 0.3) is 0 Å². The van der Waals surface area contributed by atoms with E-state index in [1.54, 1.807) is 4.90 Å². The Morgan fingerprint density at radius 1 is 1.19 bits per heavy atom. The third kappa shape index (κ3) is 2.84. The molecule has 2 aliphatic heterocycles. The quantitative estimate of drug-likeness (QED) is 0.897. The Labute approximate surface area is 157 Å². The predicted molar refractivity (Wildman–Crippen MR) is 96.9 cm³/mol. The van der Waals surface area contributed by atoms with Crippen LogP contribution in [0.5, 0.6) is 0 Å². The summed E-state index contributed by atoms with van der Waals surface area (Å²) in [6, 6.07) is 13.1. The van der Waals surface area contributed by atoms with E-state index in [2.05, 4.69) is 0 Å². The summed E-state index contributed by atoms with van der Waals surface area (Å²) in [5.74, 6) is -0.915. The van der Waals surface area contributed by atoms with Crippen molar-refractivity contribution in [3.8, 4) is 0 Å². The van der Waals surface area contributed by atoms with Crippen molar-refractivity contribution in [1.82, 2.24) is 9.80 Å². The van der Waals surface area contributed by atoms with Gasteiger partial charge in [-0.3, -0.25) is 9.69 Å². The highest BCUT2D eigenvalue weighted by Crippen LogP contribution is 2.54. The Hall–Kier alpha value is -2.31. The molecule has 4 rings (SSSR count). The van der Waals surface area contributed by atoms with Gasteiger partial charge < -0.3 is 10.0 Å². The van der Waals surface area contributed by atoms with Crippen LogP contribution in [-0.4, -0.2) is 52.1 Å². The Bertz CT molecular complexity index is 853. The number of nitrogens with zero attached hydrogens (tertiary/aromatic N) is 2. The number of hydrogen-bond acceptors (Lipinski definition) is 3. The molecule has 0 radical (unpaired) electrons. The molecule has 1 spiro atoms. The van der Waals surface area contributed by atoms with Gasteiger partial charge in [0.2, 0.25) is 5.91 Å². The van der Waals surface area contributed by atoms with Gasteiger partial charge in [-0.1, -0.05) is 30.3 Å². The summed E-state index contributed by atoms with van der Waals surface area (Å²) >= 11 is 0. The van der Waals surface area contributed by atoms with Gasteiger partial charge in [-0.05, 0) is 23.8 Å². The normalized spacial score (nSPS) is 23.8. The first-order chi connectivity index (χ1) is 13.0. The molecule has 0 bridgehead atoms. The molecule has 6 heteroatoms. The number of likely N-dealkylation sites (tertiary alicyclic amines) is 2. The molecule has 0 aliphatic carbocycles. The van der Waals surface area contributed by atoms with E-state index in [0.29, 0.717) is 13.1 Å². The minimum Gasteiger partial charge on any atom is -0.395 e. The summed E-state index contributed by atoms with van der Waals surface area (Å²) in [6.45, 7) is 2.69. The van der Waals surface area contributed by atoms with Crippen molar-refractivity contribution in [1.29, 1.82) is 0 Å². The fourth-order valence-corrected chi connectivity index (χ4v) is 4.70. The summed E-state index contributed by atoms with van der Waals surface area (Å²) in [6.07, 6.45) is 0. The molecule has 0 aromatic heterocycles. The molecule has 2 heterocycles. The number of carbonyl (C=O) groups excluding carboxylic acids is 1. The molecule has 4 nitrogen and oxygen atoms in total. The Morgan fingerprint density at radius 3 is 2.52 bits per heavy atom. The maximum Gasteiger partial charge on any atom is 0.219 e. The van der Waals surface area contributed by atoms with E-state index in [4.69, 9.17) is 0 Å². The van der Waals surface area contributed by atoms with Crippen LogP contribution in [0, 0.1) is 11.6 Å². The van der Waals surface area contributed by atoms with E-state index in [1.165, 1.54) is 13.0 Å². The van der Waals surface area contributed by atoms with Crippen molar-refractivity contribution >= 4 is 5.91 Å². The van der Waals surface area contributed by atoms with Crippen molar-refractivity contribution in [2.24, 2.45) is 0 Å². The molecule has 2 aromatic carbocycles. The van der Waals surface area contributed by atoms with E-state index < -0.39 is 11.6 Å². The fraction of sp³-hybridized carbons (Fsp3) is 0.381. The maximum absolute atomic E-state index is 14.2. The molecule has 2 saturated heterocycles. The topological polar surface area (TPSA) is 43.8 Å². The minimum absolute atomic E-state index is 0.00299. The number of carbonyl (C=O) groups is 1. The Balaban J connectivity index is 1.67. The SMILES string of the molecule is CC(=O)N1CC2(C1)[C@@H](c1ccccc1)[C@@H](CO)N2Cc1cc(F)ccc1F. The monoisotopic (exact) mass is 372 g/mol. The number of rotatable bonds is 4. The van der Waals surface area contributed by atoms with E-state index in [-0.39, 0.29) is 42.1 Å². The number of amides is 1. The van der Waals surface area contributed by atoms with E-state index in [1.807, 2.05) is 35.2 Å². The summed E-state index contributed by atoms with van der Waals surface area (Å²) in [4.78, 5) is 15.5. The molecular formula is C21H22F2N2O2. The van der Waals surface area contributed by atoms with Gasteiger partial charge in [-0.15, -0.1) is 0 Å². The third-order valence-corrected chi connectivity index (χ3v) is 6.00. The summed E-state index contributed by atoms with van der Waals surface area (Å²) < 4.78 is 27.8. The highest BCUT2D eigenvalue weighted by Gasteiger charge is 2.65. The molecule has 0 saturated carbocycles. The second kappa shape index (κ2) is 6.69. The number of aliphatic hydroxyl groups excluding tert-OH is 1. The van der Waals surface area contributed by atoms with E-state index >= 15 is 0 Å². The zero-order valence-corrected chi connectivity index (χ0v) is 15.1. The average Bonchev–Trinajstić information content (AvgIpc) is 2.60. The maximum atomic E-state index is 14.2. The van der Waals surface area contributed by atoms with Gasteiger partial charge in [0.1, 0.15) is 11.6 Å². The fourth-order valence-electron chi connectivity index (χ4n) is 4.70. The molecular weight excluding hydrogens is 350 g/mol. The minimum atomic E-state index is -0.486. The van der Waals surface area contributed by atoms with Crippen LogP contribution in [0.3, 0.4) is 0 Å². The number of hydrogen-bond donors (Lipinski definition) is 1. The first-order valence-electron chi connectivity index (χ1n) is 9.08. The van der Waals surface area contributed by atoms with Crippen LogP contribution < -0.4 is 0 Å². The van der Waals surface area contributed by atoms with E-state index in [9.17, 15) is 18.7 Å². The van der Waals surface area contributed by atoms with Gasteiger partial charge in [0.05, 0.1) is 12.1 Å². The Kier molecular flexibility index (Phi) is 4.48. The molecule has 1 amide bonds. The molecule has 142 valence electrons. The zero-order chi connectivity index (χ0) is 19.2. The van der Waals surface area contributed by atoms with Crippen LogP contribution in [0.2, 0.25) is 0 Å². The Morgan fingerprint density at radius 2 is 1.89 bits per heavy atom. The second-order valence-electron chi connectivity index (χ2n) is 7.48. The smallest absolute Gasteiger partial charge is 0.219 e. The zero-order valence-electron chi connectivity index (χ0n) is 15.1. The van der Waals surface area contributed by atoms with Crippen molar-refractivity contribution in [2.75, 3.05) is 19.7 Å². The van der Waals surface area contributed by atoms with Gasteiger partial charge in [0.15, 0.2) is 0 Å². The number of halogens is 2. The van der Waals surface area contributed by atoms with Crippen LogP contribution in [0.25, 0.3) is 0 Å². The van der Waals surface area contributed by atoms with Crippen LogP contribution in [0.4, 0.5) is 8.78 Å². The van der Waals surface area contributed by atoms with Crippen LogP contribution in [0.1, 0.15) is 24.0 Å². The third-order valence-electron chi connectivity index (χ3n) is 6.00. The van der Waals surface area contributed by atoms with Gasteiger partial charge in [0, 0.05) is 44.1 Å². The second-order valence-corrected chi connectivity index (χ2v) is 7.48. The lowest BCUT2D eigenvalue weighted by atomic mass is 9.60. The number of aliphatic hydroxyl groups is 1. The lowest BCUT2D eigenvalue weighted by Crippen LogP contribution is -2.84. The van der Waals surface area contributed by atoms with Crippen molar-refractivity contribution in [3.05, 3.63) is 71.3 Å². The largest absolute Gasteiger partial charge is 0.395 e. The van der Waals surface area contributed by atoms with Gasteiger partial charge in [-0.2, -0.15) is 0 Å². The molecule has 0 unspecified atom stereocenters. The number of benzene rings is 2. The molecule has 2 aromatic rings. The molecule has 2 fully saturated rings. The molecule has 1 N–H and O–H groups in total. The van der Waals surface area contributed by atoms with E-state index in [0.717, 1.165) is 17.7 Å². The van der Waals surface area contributed by atoms with Crippen molar-refractivity contribution < 1.29 is 18.7 Å². The predicted octanol–water partition coefficient (Wildman–Crippen LogP) is 2.53. The lowest BCUT2D eigenvalue weighted by Gasteiger charge is -2.70. The lowest BCUT2D eigenvalue weighted by molar-refractivity contribution is -0.199. The highest BCUT2D eigenvalue weighted by molar-refractivity contribution is 5.75. The molecule has 2 aliphatic rings. The van der Waals surface area contributed by atoms with Crippen LogP contribution in [-0.2, 0) is 11.3 Å². The van der Waals surface area contributed by atoms with Crippen molar-refractivity contribution in [2.45, 2.75) is 31.0 Å². The van der Waals surface area contributed by atoms with Crippen LogP contribution in [0.15, 0.2) is 48.5 Å². The van der Waals surface area contributed by atoms with Crippen LogP contribution >= 0.6 is 0 Å².